The Balaban J connectivity index is 2.24. The number of nitrogens with zero attached hydrogens (tertiary/aromatic N) is 3. The highest BCUT2D eigenvalue weighted by atomic mass is 32.2. The molecule has 1 aromatic rings. The van der Waals surface area contributed by atoms with Crippen LogP contribution in [0.15, 0.2) is 17.1 Å². The summed E-state index contributed by atoms with van der Waals surface area (Å²) in [6.45, 7) is 5.16. The van der Waals surface area contributed by atoms with Gasteiger partial charge in [0.1, 0.15) is 0 Å². The molecule has 2 atom stereocenters. The Kier molecular flexibility index (Phi) is 5.59. The number of nitro groups is 1. The zero-order valence-electron chi connectivity index (χ0n) is 16.4. The molecule has 1 aliphatic heterocycles. The van der Waals surface area contributed by atoms with Crippen LogP contribution in [0.3, 0.4) is 0 Å². The SMILES string of the molecule is CC(C)(C)N(C(=O)O)C1=N[C@@]2(c3cc([N+](=O)[O-])cc(F)c3F)CCCC[C@H]2CS1. The molecule has 29 heavy (non-hydrogen) atoms. The number of fused-ring (bicyclic) bond motifs is 1. The zero-order chi connectivity index (χ0) is 21.6. The summed E-state index contributed by atoms with van der Waals surface area (Å²) in [7, 11) is 0. The minimum atomic E-state index is -1.30. The van der Waals surface area contributed by atoms with Crippen molar-refractivity contribution in [2.45, 2.75) is 57.5 Å². The van der Waals surface area contributed by atoms with E-state index in [1.807, 2.05) is 0 Å². The van der Waals surface area contributed by atoms with E-state index in [9.17, 15) is 28.8 Å². The Bertz CT molecular complexity index is 887. The van der Waals surface area contributed by atoms with E-state index in [1.54, 1.807) is 20.8 Å². The number of hydrogen-bond acceptors (Lipinski definition) is 5. The van der Waals surface area contributed by atoms with Gasteiger partial charge in [-0.1, -0.05) is 24.6 Å². The highest BCUT2D eigenvalue weighted by Gasteiger charge is 2.49. The van der Waals surface area contributed by atoms with E-state index in [0.29, 0.717) is 31.1 Å². The molecular weight excluding hydrogens is 404 g/mol. The quantitative estimate of drug-likeness (QED) is 0.521. The van der Waals surface area contributed by atoms with Gasteiger partial charge in [-0.05, 0) is 39.5 Å². The minimum absolute atomic E-state index is 0.161. The molecule has 0 unspecified atom stereocenters. The molecule has 0 radical (unpaired) electrons. The monoisotopic (exact) mass is 427 g/mol. The lowest BCUT2D eigenvalue weighted by Gasteiger charge is -2.46. The number of halogens is 2. The number of thioether (sulfide) groups is 1. The van der Waals surface area contributed by atoms with Crippen LogP contribution >= 0.6 is 11.8 Å². The van der Waals surface area contributed by atoms with Gasteiger partial charge in [0.05, 0.1) is 16.5 Å². The first-order chi connectivity index (χ1) is 13.5. The number of rotatable bonds is 2. The standard InChI is InChI=1S/C19H23F2N3O4S/c1-18(2,3)23(17(25)26)16-22-19(7-5-4-6-11(19)10-29-16)13-8-12(24(27)28)9-14(20)15(13)21/h8-9,11H,4-7,10H2,1-3H3,(H,25,26)/t11-,19-/m0/s1. The lowest BCUT2D eigenvalue weighted by atomic mass is 9.69. The second-order valence-corrected chi connectivity index (χ2v) is 9.39. The highest BCUT2D eigenvalue weighted by Crippen LogP contribution is 2.51. The van der Waals surface area contributed by atoms with Crippen molar-refractivity contribution in [1.82, 2.24) is 4.90 Å². The number of benzene rings is 1. The fourth-order valence-electron chi connectivity index (χ4n) is 4.15. The second kappa shape index (κ2) is 7.55. The van der Waals surface area contributed by atoms with Gasteiger partial charge in [0.2, 0.25) is 0 Å². The van der Waals surface area contributed by atoms with E-state index in [-0.39, 0.29) is 16.6 Å². The summed E-state index contributed by atoms with van der Waals surface area (Å²) in [4.78, 5) is 28.2. The summed E-state index contributed by atoms with van der Waals surface area (Å²) in [5, 5.41) is 21.2. The molecule has 1 aliphatic carbocycles. The number of non-ortho nitro benzene ring substituents is 1. The molecule has 7 nitrogen and oxygen atoms in total. The Morgan fingerprint density at radius 3 is 2.66 bits per heavy atom. The molecule has 1 saturated carbocycles. The van der Waals surface area contributed by atoms with Gasteiger partial charge in [-0.3, -0.25) is 20.0 Å². The van der Waals surface area contributed by atoms with Crippen LogP contribution in [0.5, 0.6) is 0 Å². The maximum absolute atomic E-state index is 14.9. The van der Waals surface area contributed by atoms with E-state index in [1.165, 1.54) is 11.8 Å². The van der Waals surface area contributed by atoms with Crippen molar-refractivity contribution in [1.29, 1.82) is 0 Å². The summed E-state index contributed by atoms with van der Waals surface area (Å²) in [5.74, 6) is -2.15. The lowest BCUT2D eigenvalue weighted by molar-refractivity contribution is -0.385. The third-order valence-electron chi connectivity index (χ3n) is 5.49. The first-order valence-corrected chi connectivity index (χ1v) is 10.4. The molecule has 158 valence electrons. The maximum Gasteiger partial charge on any atom is 0.413 e. The Morgan fingerprint density at radius 1 is 1.38 bits per heavy atom. The average molecular weight is 427 g/mol. The van der Waals surface area contributed by atoms with Crippen molar-refractivity contribution in [2.75, 3.05) is 5.75 Å². The number of hydrogen-bond donors (Lipinski definition) is 1. The van der Waals surface area contributed by atoms with Crippen molar-refractivity contribution >= 4 is 28.7 Å². The van der Waals surface area contributed by atoms with Crippen molar-refractivity contribution < 1.29 is 23.6 Å². The smallest absolute Gasteiger partial charge is 0.413 e. The molecule has 2 aliphatic rings. The van der Waals surface area contributed by atoms with E-state index < -0.39 is 39.4 Å². The van der Waals surface area contributed by atoms with E-state index in [4.69, 9.17) is 4.99 Å². The van der Waals surface area contributed by atoms with Gasteiger partial charge in [0.25, 0.3) is 5.69 Å². The van der Waals surface area contributed by atoms with Gasteiger partial charge in [0.15, 0.2) is 16.8 Å². The molecular formula is C19H23F2N3O4S. The zero-order valence-corrected chi connectivity index (χ0v) is 17.3. The molecule has 1 N–H and O–H groups in total. The molecule has 0 spiro atoms. The van der Waals surface area contributed by atoms with Crippen LogP contribution in [0.4, 0.5) is 19.3 Å². The maximum atomic E-state index is 14.9. The van der Waals surface area contributed by atoms with Gasteiger partial charge in [0, 0.05) is 22.9 Å². The van der Waals surface area contributed by atoms with Crippen molar-refractivity contribution in [2.24, 2.45) is 10.9 Å². The molecule has 1 heterocycles. The van der Waals surface area contributed by atoms with Crippen LogP contribution in [0.25, 0.3) is 0 Å². The van der Waals surface area contributed by atoms with E-state index in [2.05, 4.69) is 0 Å². The van der Waals surface area contributed by atoms with Gasteiger partial charge < -0.3 is 5.11 Å². The van der Waals surface area contributed by atoms with Crippen LogP contribution in [0.2, 0.25) is 0 Å². The lowest BCUT2D eigenvalue weighted by Crippen LogP contribution is -2.52. The largest absolute Gasteiger partial charge is 0.465 e. The topological polar surface area (TPSA) is 96.0 Å². The Labute approximate surface area is 171 Å². The number of amidine groups is 1. The van der Waals surface area contributed by atoms with Gasteiger partial charge in [-0.15, -0.1) is 0 Å². The first-order valence-electron chi connectivity index (χ1n) is 9.37. The Hall–Kier alpha value is -2.23. The molecule has 1 aromatic carbocycles. The van der Waals surface area contributed by atoms with Crippen molar-refractivity contribution in [3.8, 4) is 0 Å². The minimum Gasteiger partial charge on any atom is -0.465 e. The van der Waals surface area contributed by atoms with Gasteiger partial charge in [-0.25, -0.2) is 13.6 Å². The van der Waals surface area contributed by atoms with Gasteiger partial charge in [-0.2, -0.15) is 0 Å². The van der Waals surface area contributed by atoms with Crippen molar-refractivity contribution in [3.05, 3.63) is 39.4 Å². The van der Waals surface area contributed by atoms with Gasteiger partial charge >= 0.3 is 6.09 Å². The number of aliphatic imine (C=N–C) groups is 1. The number of carbonyl (C=O) groups is 1. The summed E-state index contributed by atoms with van der Waals surface area (Å²) in [5.41, 5.74) is -2.73. The number of carboxylic acid groups (broad SMARTS) is 1. The Morgan fingerprint density at radius 2 is 2.07 bits per heavy atom. The van der Waals surface area contributed by atoms with Crippen LogP contribution in [-0.2, 0) is 5.54 Å². The molecule has 0 aromatic heterocycles. The third-order valence-corrected chi connectivity index (χ3v) is 6.59. The molecule has 0 bridgehead atoms. The van der Waals surface area contributed by atoms with E-state index in [0.717, 1.165) is 17.4 Å². The molecule has 3 rings (SSSR count). The highest BCUT2D eigenvalue weighted by molar-refractivity contribution is 8.13. The average Bonchev–Trinajstić information content (AvgIpc) is 2.61. The molecule has 1 fully saturated rings. The summed E-state index contributed by atoms with van der Waals surface area (Å²) >= 11 is 1.27. The van der Waals surface area contributed by atoms with E-state index >= 15 is 0 Å². The van der Waals surface area contributed by atoms with Crippen molar-refractivity contribution in [3.63, 3.8) is 0 Å². The van der Waals surface area contributed by atoms with Crippen LogP contribution in [0, 0.1) is 27.7 Å². The normalized spacial score (nSPS) is 24.4. The molecule has 0 saturated heterocycles. The summed E-state index contributed by atoms with van der Waals surface area (Å²) in [6.07, 6.45) is 1.45. The first kappa shape index (κ1) is 21.5. The number of nitro benzene ring substituents is 1. The van der Waals surface area contributed by atoms with Crippen LogP contribution < -0.4 is 0 Å². The van der Waals surface area contributed by atoms with Crippen LogP contribution in [0.1, 0.15) is 52.0 Å². The predicted octanol–water partition coefficient (Wildman–Crippen LogP) is 5.14. The molecule has 1 amide bonds. The summed E-state index contributed by atoms with van der Waals surface area (Å²) in [6, 6.07) is 1.62. The third kappa shape index (κ3) is 3.82. The fourth-order valence-corrected chi connectivity index (χ4v) is 5.66. The summed E-state index contributed by atoms with van der Waals surface area (Å²) < 4.78 is 29.2. The molecule has 10 heteroatoms. The number of amides is 1. The van der Waals surface area contributed by atoms with Crippen LogP contribution in [-0.4, -0.2) is 37.5 Å². The fraction of sp³-hybridized carbons (Fsp3) is 0.579. The second-order valence-electron chi connectivity index (χ2n) is 8.41. The predicted molar refractivity (Wildman–Crippen MR) is 106 cm³/mol.